The van der Waals surface area contributed by atoms with Crippen molar-refractivity contribution in [1.82, 2.24) is 4.98 Å². The number of amides is 1. The number of hydrogen-bond acceptors (Lipinski definition) is 3. The molecule has 0 unspecified atom stereocenters. The Morgan fingerprint density at radius 1 is 1.28 bits per heavy atom. The van der Waals surface area contributed by atoms with Crippen LogP contribution < -0.4 is 4.90 Å². The van der Waals surface area contributed by atoms with E-state index in [1.165, 1.54) is 29.3 Å². The maximum absolute atomic E-state index is 12.9. The largest absolute Gasteiger partial charge is 0.508 e. The van der Waals surface area contributed by atoms with E-state index in [2.05, 4.69) is 4.98 Å². The average Bonchev–Trinajstić information content (AvgIpc) is 2.38. The molecule has 2 rings (SSSR count). The van der Waals surface area contributed by atoms with Crippen LogP contribution in [0.15, 0.2) is 42.6 Å². The molecule has 4 nitrogen and oxygen atoms in total. The SMILES string of the molecule is CN(C(=O)c1ccnc(F)c1)c1ccc(O)cc1. The van der Waals surface area contributed by atoms with Crippen molar-refractivity contribution in [2.75, 3.05) is 11.9 Å². The smallest absolute Gasteiger partial charge is 0.258 e. The van der Waals surface area contributed by atoms with Gasteiger partial charge in [-0.25, -0.2) is 4.98 Å². The minimum atomic E-state index is -0.694. The molecule has 0 saturated heterocycles. The fourth-order valence-corrected chi connectivity index (χ4v) is 1.52. The lowest BCUT2D eigenvalue weighted by molar-refractivity contribution is 0.0992. The molecule has 0 aliphatic heterocycles. The first-order valence-electron chi connectivity index (χ1n) is 5.26. The van der Waals surface area contributed by atoms with Gasteiger partial charge in [0, 0.05) is 30.6 Å². The average molecular weight is 246 g/mol. The lowest BCUT2D eigenvalue weighted by Crippen LogP contribution is -2.26. The van der Waals surface area contributed by atoms with Crippen LogP contribution >= 0.6 is 0 Å². The summed E-state index contributed by atoms with van der Waals surface area (Å²) < 4.78 is 12.9. The number of halogens is 1. The van der Waals surface area contributed by atoms with Crippen molar-refractivity contribution in [3.8, 4) is 5.75 Å². The lowest BCUT2D eigenvalue weighted by Gasteiger charge is -2.17. The quantitative estimate of drug-likeness (QED) is 0.826. The van der Waals surface area contributed by atoms with Crippen molar-refractivity contribution in [3.63, 3.8) is 0 Å². The standard InChI is InChI=1S/C13H11FN2O2/c1-16(10-2-4-11(17)5-3-10)13(18)9-6-7-15-12(14)8-9/h2-8,17H,1H3. The predicted molar refractivity (Wildman–Crippen MR) is 65.0 cm³/mol. The molecule has 0 aliphatic carbocycles. The van der Waals surface area contributed by atoms with Gasteiger partial charge >= 0.3 is 0 Å². The fraction of sp³-hybridized carbons (Fsp3) is 0.0769. The maximum Gasteiger partial charge on any atom is 0.258 e. The molecule has 0 fully saturated rings. The summed E-state index contributed by atoms with van der Waals surface area (Å²) in [6, 6.07) is 8.69. The molecule has 1 N–H and O–H groups in total. The summed E-state index contributed by atoms with van der Waals surface area (Å²) >= 11 is 0. The van der Waals surface area contributed by atoms with Gasteiger partial charge in [0.1, 0.15) is 5.75 Å². The first kappa shape index (κ1) is 12.0. The Bertz CT molecular complexity index is 569. The van der Waals surface area contributed by atoms with E-state index in [1.807, 2.05) is 0 Å². The molecule has 0 radical (unpaired) electrons. The fourth-order valence-electron chi connectivity index (χ4n) is 1.52. The molecule has 18 heavy (non-hydrogen) atoms. The third-order valence-corrected chi connectivity index (χ3v) is 2.52. The zero-order valence-electron chi connectivity index (χ0n) is 9.67. The second-order valence-corrected chi connectivity index (χ2v) is 3.75. The molecule has 0 aliphatic rings. The van der Waals surface area contributed by atoms with Gasteiger partial charge in [-0.05, 0) is 30.3 Å². The molecule has 5 heteroatoms. The van der Waals surface area contributed by atoms with E-state index in [9.17, 15) is 9.18 Å². The van der Waals surface area contributed by atoms with Gasteiger partial charge < -0.3 is 10.0 Å². The molecular weight excluding hydrogens is 235 g/mol. The van der Waals surface area contributed by atoms with Crippen LogP contribution in [0, 0.1) is 5.95 Å². The van der Waals surface area contributed by atoms with E-state index in [4.69, 9.17) is 5.11 Å². The first-order valence-corrected chi connectivity index (χ1v) is 5.26. The number of phenolic OH excluding ortho intramolecular Hbond substituents is 1. The molecule has 1 aromatic heterocycles. The van der Waals surface area contributed by atoms with Crippen molar-refractivity contribution < 1.29 is 14.3 Å². The zero-order chi connectivity index (χ0) is 13.1. The maximum atomic E-state index is 12.9. The third-order valence-electron chi connectivity index (χ3n) is 2.52. The number of rotatable bonds is 2. The summed E-state index contributed by atoms with van der Waals surface area (Å²) in [6.07, 6.45) is 1.24. The van der Waals surface area contributed by atoms with Crippen molar-refractivity contribution in [2.45, 2.75) is 0 Å². The summed E-state index contributed by atoms with van der Waals surface area (Å²) in [5.74, 6) is -0.920. The number of hydrogen-bond donors (Lipinski definition) is 1. The molecule has 1 aromatic carbocycles. The highest BCUT2D eigenvalue weighted by atomic mass is 19.1. The molecule has 0 atom stereocenters. The minimum Gasteiger partial charge on any atom is -0.508 e. The molecular formula is C13H11FN2O2. The Balaban J connectivity index is 2.26. The topological polar surface area (TPSA) is 53.4 Å². The number of benzene rings is 1. The number of carbonyl (C=O) groups excluding carboxylic acids is 1. The Morgan fingerprint density at radius 2 is 1.94 bits per heavy atom. The number of pyridine rings is 1. The van der Waals surface area contributed by atoms with Gasteiger partial charge in [-0.1, -0.05) is 0 Å². The first-order chi connectivity index (χ1) is 8.58. The van der Waals surface area contributed by atoms with Gasteiger partial charge in [-0.3, -0.25) is 4.79 Å². The third kappa shape index (κ3) is 2.45. The van der Waals surface area contributed by atoms with Crippen LogP contribution in [0.4, 0.5) is 10.1 Å². The van der Waals surface area contributed by atoms with Crippen molar-refractivity contribution >= 4 is 11.6 Å². The number of carbonyl (C=O) groups is 1. The highest BCUT2D eigenvalue weighted by Gasteiger charge is 2.14. The minimum absolute atomic E-state index is 0.120. The summed E-state index contributed by atoms with van der Waals surface area (Å²) in [7, 11) is 1.58. The Kier molecular flexibility index (Phi) is 3.23. The van der Waals surface area contributed by atoms with E-state index in [0.717, 1.165) is 6.07 Å². The van der Waals surface area contributed by atoms with E-state index in [-0.39, 0.29) is 17.2 Å². The molecule has 0 saturated carbocycles. The van der Waals surface area contributed by atoms with Gasteiger partial charge in [0.15, 0.2) is 0 Å². The van der Waals surface area contributed by atoms with Crippen molar-refractivity contribution in [1.29, 1.82) is 0 Å². The second kappa shape index (κ2) is 4.83. The Morgan fingerprint density at radius 3 is 2.56 bits per heavy atom. The van der Waals surface area contributed by atoms with Crippen LogP contribution in [0.2, 0.25) is 0 Å². The van der Waals surface area contributed by atoms with Crippen LogP contribution in [-0.2, 0) is 0 Å². The van der Waals surface area contributed by atoms with E-state index in [0.29, 0.717) is 5.69 Å². The Hall–Kier alpha value is -2.43. The number of phenols is 1. The van der Waals surface area contributed by atoms with E-state index < -0.39 is 5.95 Å². The van der Waals surface area contributed by atoms with Crippen molar-refractivity contribution in [2.24, 2.45) is 0 Å². The van der Waals surface area contributed by atoms with Gasteiger partial charge in [-0.15, -0.1) is 0 Å². The van der Waals surface area contributed by atoms with E-state index >= 15 is 0 Å². The predicted octanol–water partition coefficient (Wildman–Crippen LogP) is 2.20. The number of aromatic hydroxyl groups is 1. The van der Waals surface area contributed by atoms with Crippen LogP contribution in [0.1, 0.15) is 10.4 Å². The summed E-state index contributed by atoms with van der Waals surface area (Å²) in [4.78, 5) is 16.8. The van der Waals surface area contributed by atoms with Crippen LogP contribution in [0.3, 0.4) is 0 Å². The molecule has 1 amide bonds. The molecule has 0 spiro atoms. The molecule has 1 heterocycles. The Labute approximate surface area is 103 Å². The summed E-state index contributed by atoms with van der Waals surface area (Å²) in [5, 5.41) is 9.17. The van der Waals surface area contributed by atoms with Crippen molar-refractivity contribution in [3.05, 3.63) is 54.1 Å². The molecule has 0 bridgehead atoms. The van der Waals surface area contributed by atoms with E-state index in [1.54, 1.807) is 19.2 Å². The summed E-state index contributed by atoms with van der Waals surface area (Å²) in [5.41, 5.74) is 0.827. The van der Waals surface area contributed by atoms with Crippen LogP contribution in [-0.4, -0.2) is 23.0 Å². The van der Waals surface area contributed by atoms with Gasteiger partial charge in [0.2, 0.25) is 5.95 Å². The lowest BCUT2D eigenvalue weighted by atomic mass is 10.2. The number of nitrogens with zero attached hydrogens (tertiary/aromatic N) is 2. The zero-order valence-corrected chi connectivity index (χ0v) is 9.67. The van der Waals surface area contributed by atoms with Crippen LogP contribution in [0.25, 0.3) is 0 Å². The monoisotopic (exact) mass is 246 g/mol. The number of aromatic nitrogens is 1. The summed E-state index contributed by atoms with van der Waals surface area (Å²) in [6.45, 7) is 0. The van der Waals surface area contributed by atoms with Crippen LogP contribution in [0.5, 0.6) is 5.75 Å². The van der Waals surface area contributed by atoms with Gasteiger partial charge in [0.05, 0.1) is 0 Å². The van der Waals surface area contributed by atoms with Gasteiger partial charge in [-0.2, -0.15) is 4.39 Å². The second-order valence-electron chi connectivity index (χ2n) is 3.75. The highest BCUT2D eigenvalue weighted by Crippen LogP contribution is 2.19. The number of anilines is 1. The highest BCUT2D eigenvalue weighted by molar-refractivity contribution is 6.05. The van der Waals surface area contributed by atoms with Gasteiger partial charge in [0.25, 0.3) is 5.91 Å². The normalized spacial score (nSPS) is 10.1. The molecule has 2 aromatic rings. The molecule has 92 valence electrons.